The number of nitrogen functional groups attached to an aromatic ring is 1. The van der Waals surface area contributed by atoms with Crippen molar-refractivity contribution in [1.29, 1.82) is 5.41 Å². The number of fused-ring (bicyclic) bond motifs is 1. The van der Waals surface area contributed by atoms with E-state index in [2.05, 4.69) is 4.98 Å². The Morgan fingerprint density at radius 3 is 2.41 bits per heavy atom. The van der Waals surface area contributed by atoms with E-state index in [4.69, 9.17) is 39.1 Å². The van der Waals surface area contributed by atoms with Crippen molar-refractivity contribution in [2.45, 2.75) is 44.2 Å². The van der Waals surface area contributed by atoms with Crippen LogP contribution < -0.4 is 10.5 Å². The predicted octanol–water partition coefficient (Wildman–Crippen LogP) is 5.56. The summed E-state index contributed by atoms with van der Waals surface area (Å²) >= 11 is 13.3. The minimum atomic E-state index is -4.20. The molecule has 2 aliphatic heterocycles. The molecule has 0 radical (unpaired) electrons. The number of nitrogens with two attached hydrogens (primary N) is 1. The van der Waals surface area contributed by atoms with E-state index in [0.717, 1.165) is 22.2 Å². The van der Waals surface area contributed by atoms with Gasteiger partial charge in [0.15, 0.2) is 0 Å². The van der Waals surface area contributed by atoms with E-state index in [0.29, 0.717) is 48.3 Å². The summed E-state index contributed by atoms with van der Waals surface area (Å²) in [6.07, 6.45) is 4.05. The molecule has 51 heavy (non-hydrogen) atoms. The first-order valence-corrected chi connectivity index (χ1v) is 18.7. The molecule has 2 amide bonds. The number of pyridine rings is 1. The summed E-state index contributed by atoms with van der Waals surface area (Å²) in [5.74, 6) is -0.00542. The van der Waals surface area contributed by atoms with Crippen LogP contribution in [0.2, 0.25) is 10.0 Å². The Morgan fingerprint density at radius 2 is 1.71 bits per heavy atom. The summed E-state index contributed by atoms with van der Waals surface area (Å²) in [5.41, 5.74) is 9.78. The van der Waals surface area contributed by atoms with Crippen molar-refractivity contribution in [1.82, 2.24) is 19.1 Å². The minimum Gasteiger partial charge on any atom is -0.487 e. The van der Waals surface area contributed by atoms with Crippen LogP contribution in [0.3, 0.4) is 0 Å². The Hall–Kier alpha value is -4.49. The van der Waals surface area contributed by atoms with E-state index >= 15 is 0 Å². The quantitative estimate of drug-likeness (QED) is 0.129. The van der Waals surface area contributed by atoms with E-state index in [-0.39, 0.29) is 58.8 Å². The number of sulfonamides is 1. The molecule has 2 aliphatic rings. The number of benzene rings is 3. The van der Waals surface area contributed by atoms with Gasteiger partial charge in [0.1, 0.15) is 34.6 Å². The minimum absolute atomic E-state index is 0.0305. The van der Waals surface area contributed by atoms with E-state index in [9.17, 15) is 18.0 Å². The van der Waals surface area contributed by atoms with Gasteiger partial charge in [-0.25, -0.2) is 13.4 Å². The number of ether oxygens (including phenoxy) is 1. The lowest BCUT2D eigenvalue weighted by molar-refractivity contribution is -0.139. The number of hydrogen-bond acceptors (Lipinski definition) is 7. The molecule has 4 aromatic rings. The third-order valence-electron chi connectivity index (χ3n) is 9.28. The first-order valence-electron chi connectivity index (χ1n) is 16.5. The molecule has 3 aromatic carbocycles. The highest BCUT2D eigenvalue weighted by Gasteiger charge is 2.43. The number of nitrogens with zero attached hydrogens (tertiary/aromatic N) is 4. The predicted molar refractivity (Wildman–Crippen MR) is 199 cm³/mol. The zero-order valence-corrected chi connectivity index (χ0v) is 30.6. The maximum atomic E-state index is 14.1. The standard InChI is InChI=1S/C37H38Cl2N6O5S/c1-23-21-24(2)42-35-27(23)5-3-7-31(35)50-22-28-29(38)13-14-32(34(28)39)51(48,49)45-16-4-6-30(45)37(47)44-19-17-43(18-20-44)33(46)15-10-25-8-11-26(12-9-25)36(40)41/h3,5,7-15,21,30H,4,6,16-20,22H2,1-2H3,(H3,40,41)/t30-/m0/s1. The van der Waals surface area contributed by atoms with Crippen molar-refractivity contribution in [3.63, 3.8) is 0 Å². The largest absolute Gasteiger partial charge is 0.487 e. The van der Waals surface area contributed by atoms with Gasteiger partial charge in [-0.15, -0.1) is 0 Å². The lowest BCUT2D eigenvalue weighted by Gasteiger charge is -2.36. The number of nitrogens with one attached hydrogen (secondary N) is 1. The van der Waals surface area contributed by atoms with Gasteiger partial charge in [0.25, 0.3) is 0 Å². The van der Waals surface area contributed by atoms with Crippen LogP contribution in [-0.4, -0.2) is 83.9 Å². The third kappa shape index (κ3) is 7.59. The lowest BCUT2D eigenvalue weighted by Crippen LogP contribution is -2.55. The van der Waals surface area contributed by atoms with Crippen LogP contribution in [0, 0.1) is 19.3 Å². The molecule has 6 rings (SSSR count). The second-order valence-electron chi connectivity index (χ2n) is 12.7. The molecule has 0 bridgehead atoms. The van der Waals surface area contributed by atoms with Crippen molar-refractivity contribution in [3.8, 4) is 5.75 Å². The van der Waals surface area contributed by atoms with Crippen LogP contribution in [0.15, 0.2) is 71.6 Å². The SMILES string of the molecule is Cc1cc(C)c2cccc(OCc3c(Cl)ccc(S(=O)(=O)N4CCC[C@H]4C(=O)N4CCN(C(=O)C=Cc5ccc(C(=N)N)cc5)CC4)c3Cl)c2n1. The number of amidine groups is 1. The van der Waals surface area contributed by atoms with Crippen LogP contribution in [0.25, 0.3) is 17.0 Å². The molecule has 266 valence electrons. The summed E-state index contributed by atoms with van der Waals surface area (Å²) in [6, 6.07) is 16.5. The molecular formula is C37H38Cl2N6O5S. The summed E-state index contributed by atoms with van der Waals surface area (Å²) in [6.45, 7) is 5.16. The molecule has 0 spiro atoms. The van der Waals surface area contributed by atoms with E-state index < -0.39 is 16.1 Å². The Kier molecular flexibility index (Phi) is 10.7. The number of rotatable bonds is 9. The fraction of sp³-hybridized carbons (Fsp3) is 0.297. The van der Waals surface area contributed by atoms with Crippen LogP contribution in [0.1, 0.15) is 40.8 Å². The average Bonchev–Trinajstić information content (AvgIpc) is 3.62. The number of hydrogen-bond donors (Lipinski definition) is 2. The van der Waals surface area contributed by atoms with Gasteiger partial charge in [-0.05, 0) is 68.2 Å². The van der Waals surface area contributed by atoms with Gasteiger partial charge in [0.2, 0.25) is 21.8 Å². The molecule has 1 atom stereocenters. The number of carbonyl (C=O) groups excluding carboxylic acids is 2. The van der Waals surface area contributed by atoms with Crippen molar-refractivity contribution in [2.75, 3.05) is 32.7 Å². The normalized spacial score (nSPS) is 17.0. The number of halogens is 2. The zero-order chi connectivity index (χ0) is 36.4. The van der Waals surface area contributed by atoms with Gasteiger partial charge < -0.3 is 20.3 Å². The molecule has 11 nitrogen and oxygen atoms in total. The second-order valence-corrected chi connectivity index (χ2v) is 15.3. The summed E-state index contributed by atoms with van der Waals surface area (Å²) in [7, 11) is -4.20. The maximum absolute atomic E-state index is 14.1. The molecule has 3 heterocycles. The van der Waals surface area contributed by atoms with Crippen molar-refractivity contribution in [3.05, 3.63) is 105 Å². The molecule has 14 heteroatoms. The highest BCUT2D eigenvalue weighted by atomic mass is 35.5. The van der Waals surface area contributed by atoms with Crippen LogP contribution in [0.4, 0.5) is 0 Å². The van der Waals surface area contributed by atoms with E-state index in [1.54, 1.807) is 46.2 Å². The molecule has 1 aromatic heterocycles. The average molecular weight is 750 g/mol. The van der Waals surface area contributed by atoms with Crippen molar-refractivity contribution < 1.29 is 22.7 Å². The smallest absolute Gasteiger partial charge is 0.246 e. The maximum Gasteiger partial charge on any atom is 0.246 e. The van der Waals surface area contributed by atoms with Crippen LogP contribution in [0.5, 0.6) is 5.75 Å². The molecule has 2 saturated heterocycles. The fourth-order valence-corrected chi connectivity index (χ4v) is 9.05. The molecular weight excluding hydrogens is 711 g/mol. The zero-order valence-electron chi connectivity index (χ0n) is 28.2. The summed E-state index contributed by atoms with van der Waals surface area (Å²) in [4.78, 5) is 34.4. The number of amides is 2. The number of aromatic nitrogens is 1. The van der Waals surface area contributed by atoms with Crippen molar-refractivity contribution in [2.24, 2.45) is 5.73 Å². The van der Waals surface area contributed by atoms with Gasteiger partial charge in [-0.3, -0.25) is 15.0 Å². The number of para-hydroxylation sites is 1. The molecule has 2 fully saturated rings. The highest BCUT2D eigenvalue weighted by molar-refractivity contribution is 7.89. The number of piperazine rings is 1. The van der Waals surface area contributed by atoms with Gasteiger partial charge >= 0.3 is 0 Å². The van der Waals surface area contributed by atoms with Crippen LogP contribution >= 0.6 is 23.2 Å². The lowest BCUT2D eigenvalue weighted by atomic mass is 10.1. The summed E-state index contributed by atoms with van der Waals surface area (Å²) in [5, 5.41) is 8.64. The number of aryl methyl sites for hydroxylation is 2. The molecule has 0 aliphatic carbocycles. The Bertz CT molecular complexity index is 2150. The Labute approximate surface area is 307 Å². The topological polar surface area (TPSA) is 150 Å². The number of carbonyl (C=O) groups is 2. The van der Waals surface area contributed by atoms with Gasteiger partial charge in [0, 0.05) is 66.0 Å². The van der Waals surface area contributed by atoms with E-state index in [1.165, 1.54) is 22.5 Å². The fourth-order valence-electron chi connectivity index (χ4n) is 6.54. The second kappa shape index (κ2) is 15.0. The van der Waals surface area contributed by atoms with Crippen molar-refractivity contribution >= 4 is 67.9 Å². The third-order valence-corrected chi connectivity index (χ3v) is 12.1. The Balaban J connectivity index is 1.12. The Morgan fingerprint density at radius 1 is 1.00 bits per heavy atom. The molecule has 0 saturated carbocycles. The monoisotopic (exact) mass is 748 g/mol. The molecule has 0 unspecified atom stereocenters. The van der Waals surface area contributed by atoms with Gasteiger partial charge in [0.05, 0.1) is 5.02 Å². The first-order chi connectivity index (χ1) is 24.3. The van der Waals surface area contributed by atoms with E-state index in [1.807, 2.05) is 32.0 Å². The van der Waals surface area contributed by atoms with Crippen LogP contribution in [-0.2, 0) is 26.2 Å². The first kappa shape index (κ1) is 36.3. The highest BCUT2D eigenvalue weighted by Crippen LogP contribution is 2.37. The van der Waals surface area contributed by atoms with Gasteiger partial charge in [-0.2, -0.15) is 4.31 Å². The molecule has 3 N–H and O–H groups in total. The summed E-state index contributed by atoms with van der Waals surface area (Å²) < 4.78 is 35.6. The van der Waals surface area contributed by atoms with Gasteiger partial charge in [-0.1, -0.05) is 59.6 Å².